The molecule has 0 unspecified atom stereocenters. The van der Waals surface area contributed by atoms with Crippen molar-refractivity contribution in [1.29, 1.82) is 0 Å². The third-order valence-corrected chi connectivity index (χ3v) is 2.37. The summed E-state index contributed by atoms with van der Waals surface area (Å²) in [5.41, 5.74) is 1.14. The Hall–Kier alpha value is -2.03. The zero-order valence-corrected chi connectivity index (χ0v) is 9.12. The van der Waals surface area contributed by atoms with Gasteiger partial charge in [0.15, 0.2) is 0 Å². The Morgan fingerprint density at radius 3 is 2.94 bits per heavy atom. The minimum atomic E-state index is -0.169. The van der Waals surface area contributed by atoms with Gasteiger partial charge in [-0.2, -0.15) is 0 Å². The molecule has 3 heteroatoms. The molecule has 0 saturated carbocycles. The van der Waals surface area contributed by atoms with Gasteiger partial charge >= 0.3 is 0 Å². The number of para-hydroxylation sites is 1. The maximum atomic E-state index is 11.8. The van der Waals surface area contributed by atoms with Crippen molar-refractivity contribution in [3.05, 3.63) is 52.8 Å². The monoisotopic (exact) mass is 215 g/mol. The van der Waals surface area contributed by atoms with Crippen molar-refractivity contribution in [1.82, 2.24) is 4.98 Å². The lowest BCUT2D eigenvalue weighted by Gasteiger charge is -2.06. The zero-order chi connectivity index (χ0) is 11.5. The summed E-state index contributed by atoms with van der Waals surface area (Å²) >= 11 is 0. The van der Waals surface area contributed by atoms with E-state index >= 15 is 0 Å². The van der Waals surface area contributed by atoms with E-state index in [2.05, 4.69) is 11.6 Å². The number of aromatic nitrogens is 1. The number of benzene rings is 1. The number of hydrogen-bond donors (Lipinski definition) is 1. The van der Waals surface area contributed by atoms with Crippen LogP contribution < -0.4 is 5.56 Å². The minimum Gasteiger partial charge on any atom is -0.494 e. The fourth-order valence-corrected chi connectivity index (χ4v) is 1.61. The van der Waals surface area contributed by atoms with Crippen LogP contribution >= 0.6 is 0 Å². The molecular formula is C13H13NO2. The lowest BCUT2D eigenvalue weighted by Crippen LogP contribution is -2.12. The van der Waals surface area contributed by atoms with Gasteiger partial charge < -0.3 is 9.72 Å². The van der Waals surface area contributed by atoms with Crippen LogP contribution in [0.4, 0.5) is 0 Å². The van der Waals surface area contributed by atoms with Crippen LogP contribution in [0, 0.1) is 0 Å². The highest BCUT2D eigenvalue weighted by Gasteiger charge is 2.06. The molecular weight excluding hydrogens is 202 g/mol. The Labute approximate surface area is 93.4 Å². The fourth-order valence-electron chi connectivity index (χ4n) is 1.61. The molecule has 0 radical (unpaired) electrons. The highest BCUT2D eigenvalue weighted by atomic mass is 16.5. The van der Waals surface area contributed by atoms with Crippen molar-refractivity contribution in [3.63, 3.8) is 0 Å². The molecule has 1 aromatic heterocycles. The maximum Gasteiger partial charge on any atom is 0.259 e. The largest absolute Gasteiger partial charge is 0.494 e. The molecule has 0 atom stereocenters. The second kappa shape index (κ2) is 4.23. The number of rotatable bonds is 3. The van der Waals surface area contributed by atoms with Crippen molar-refractivity contribution in [2.75, 3.05) is 6.61 Å². The normalized spacial score (nSPS) is 10.3. The average Bonchev–Trinajstić information content (AvgIpc) is 2.28. The predicted molar refractivity (Wildman–Crippen MR) is 65.2 cm³/mol. The molecule has 0 bridgehead atoms. The minimum absolute atomic E-state index is 0.169. The molecule has 16 heavy (non-hydrogen) atoms. The van der Waals surface area contributed by atoms with E-state index in [1.165, 1.54) is 0 Å². The standard InChI is InChI=1S/C13H13NO2/c1-3-16-9(2)11-8-10-6-4-5-7-12(10)14-13(11)15/h4-8H,2-3H2,1H3,(H,14,15). The van der Waals surface area contributed by atoms with Crippen molar-refractivity contribution in [2.45, 2.75) is 6.92 Å². The van der Waals surface area contributed by atoms with E-state index in [1.807, 2.05) is 31.2 Å². The number of fused-ring (bicyclic) bond motifs is 1. The highest BCUT2D eigenvalue weighted by molar-refractivity contribution is 5.81. The average molecular weight is 215 g/mol. The molecule has 1 heterocycles. The van der Waals surface area contributed by atoms with Gasteiger partial charge in [0.2, 0.25) is 0 Å². The molecule has 0 spiro atoms. The first-order valence-corrected chi connectivity index (χ1v) is 5.16. The fraction of sp³-hybridized carbons (Fsp3) is 0.154. The Balaban J connectivity index is 2.58. The summed E-state index contributed by atoms with van der Waals surface area (Å²) in [6.45, 7) is 6.11. The van der Waals surface area contributed by atoms with E-state index in [9.17, 15) is 4.79 Å². The number of H-pyrrole nitrogens is 1. The van der Waals surface area contributed by atoms with Crippen LogP contribution in [0.1, 0.15) is 12.5 Å². The van der Waals surface area contributed by atoms with Crippen LogP contribution in [0.3, 0.4) is 0 Å². The molecule has 0 aliphatic carbocycles. The molecule has 2 rings (SSSR count). The first-order valence-electron chi connectivity index (χ1n) is 5.16. The summed E-state index contributed by atoms with van der Waals surface area (Å²) in [4.78, 5) is 14.6. The second-order valence-corrected chi connectivity index (χ2v) is 3.46. The summed E-state index contributed by atoms with van der Waals surface area (Å²) in [6, 6.07) is 9.41. The lowest BCUT2D eigenvalue weighted by molar-refractivity contribution is 0.299. The summed E-state index contributed by atoms with van der Waals surface area (Å²) in [6.07, 6.45) is 0. The first kappa shape index (κ1) is 10.5. The molecule has 0 saturated heterocycles. The van der Waals surface area contributed by atoms with Crippen molar-refractivity contribution in [2.24, 2.45) is 0 Å². The maximum absolute atomic E-state index is 11.8. The van der Waals surface area contributed by atoms with Crippen LogP contribution in [0.25, 0.3) is 16.7 Å². The van der Waals surface area contributed by atoms with Gasteiger partial charge in [-0.3, -0.25) is 4.79 Å². The topological polar surface area (TPSA) is 42.1 Å². The van der Waals surface area contributed by atoms with Crippen LogP contribution in [0.15, 0.2) is 41.7 Å². The molecule has 3 nitrogen and oxygen atoms in total. The molecule has 1 aromatic carbocycles. The van der Waals surface area contributed by atoms with E-state index in [1.54, 1.807) is 6.07 Å². The van der Waals surface area contributed by atoms with Crippen molar-refractivity contribution >= 4 is 16.7 Å². The Morgan fingerprint density at radius 2 is 2.19 bits per heavy atom. The summed E-state index contributed by atoms with van der Waals surface area (Å²) in [7, 11) is 0. The third kappa shape index (κ3) is 1.84. The molecule has 0 amide bonds. The number of aromatic amines is 1. The predicted octanol–water partition coefficient (Wildman–Crippen LogP) is 2.54. The van der Waals surface area contributed by atoms with E-state index in [0.29, 0.717) is 17.9 Å². The van der Waals surface area contributed by atoms with Gasteiger partial charge in [-0.1, -0.05) is 24.8 Å². The lowest BCUT2D eigenvalue weighted by atomic mass is 10.1. The van der Waals surface area contributed by atoms with Crippen molar-refractivity contribution in [3.8, 4) is 0 Å². The molecule has 82 valence electrons. The quantitative estimate of drug-likeness (QED) is 0.799. The molecule has 0 aliphatic heterocycles. The van der Waals surface area contributed by atoms with Crippen LogP contribution in [-0.4, -0.2) is 11.6 Å². The van der Waals surface area contributed by atoms with Crippen LogP contribution in [-0.2, 0) is 4.74 Å². The molecule has 1 N–H and O–H groups in total. The van der Waals surface area contributed by atoms with Gasteiger partial charge in [0, 0.05) is 5.52 Å². The first-order chi connectivity index (χ1) is 7.72. The third-order valence-electron chi connectivity index (χ3n) is 2.37. The number of hydrogen-bond acceptors (Lipinski definition) is 2. The van der Waals surface area contributed by atoms with E-state index in [4.69, 9.17) is 4.74 Å². The van der Waals surface area contributed by atoms with E-state index in [0.717, 1.165) is 10.9 Å². The van der Waals surface area contributed by atoms with Gasteiger partial charge in [-0.25, -0.2) is 0 Å². The number of pyridine rings is 1. The van der Waals surface area contributed by atoms with Gasteiger partial charge in [0.25, 0.3) is 5.56 Å². The smallest absolute Gasteiger partial charge is 0.259 e. The molecule has 0 fully saturated rings. The number of ether oxygens (including phenoxy) is 1. The Bertz CT molecular complexity index is 584. The van der Waals surface area contributed by atoms with Gasteiger partial charge in [-0.15, -0.1) is 0 Å². The van der Waals surface area contributed by atoms with E-state index < -0.39 is 0 Å². The zero-order valence-electron chi connectivity index (χ0n) is 9.12. The van der Waals surface area contributed by atoms with Gasteiger partial charge in [0.1, 0.15) is 5.76 Å². The highest BCUT2D eigenvalue weighted by Crippen LogP contribution is 2.15. The van der Waals surface area contributed by atoms with Crippen LogP contribution in [0.2, 0.25) is 0 Å². The second-order valence-electron chi connectivity index (χ2n) is 3.46. The molecule has 0 aliphatic rings. The SMILES string of the molecule is C=C(OCC)c1cc2ccccc2[nH]c1=O. The number of nitrogens with one attached hydrogen (secondary N) is 1. The summed E-state index contributed by atoms with van der Waals surface area (Å²) in [5.74, 6) is 0.412. The van der Waals surface area contributed by atoms with Crippen molar-refractivity contribution < 1.29 is 4.74 Å². The summed E-state index contributed by atoms with van der Waals surface area (Å²) in [5, 5.41) is 0.970. The van der Waals surface area contributed by atoms with Crippen LogP contribution in [0.5, 0.6) is 0 Å². The molecule has 2 aromatic rings. The Kier molecular flexibility index (Phi) is 2.77. The summed E-state index contributed by atoms with van der Waals surface area (Å²) < 4.78 is 5.24. The van der Waals surface area contributed by atoms with E-state index in [-0.39, 0.29) is 5.56 Å². The van der Waals surface area contributed by atoms with Gasteiger partial charge in [-0.05, 0) is 24.4 Å². The Morgan fingerprint density at radius 1 is 1.44 bits per heavy atom. The van der Waals surface area contributed by atoms with Gasteiger partial charge in [0.05, 0.1) is 12.2 Å².